The van der Waals surface area contributed by atoms with E-state index in [4.69, 9.17) is 4.74 Å². The number of hydrogen-bond donors (Lipinski definition) is 0. The average molecular weight is 291 g/mol. The Kier molecular flexibility index (Phi) is 4.11. The molecule has 0 bridgehead atoms. The zero-order valence-corrected chi connectivity index (χ0v) is 12.4. The van der Waals surface area contributed by atoms with Gasteiger partial charge < -0.3 is 4.74 Å². The van der Waals surface area contributed by atoms with Gasteiger partial charge in [0.2, 0.25) is 0 Å². The normalized spacial score (nSPS) is 15.7. The third-order valence-electron chi connectivity index (χ3n) is 3.00. The van der Waals surface area contributed by atoms with E-state index in [9.17, 15) is 14.0 Å². The summed E-state index contributed by atoms with van der Waals surface area (Å²) in [6, 6.07) is 5.94. The van der Waals surface area contributed by atoms with Crippen LogP contribution in [0.15, 0.2) is 30.3 Å². The van der Waals surface area contributed by atoms with Crippen molar-refractivity contribution in [1.29, 1.82) is 0 Å². The fourth-order valence-electron chi connectivity index (χ4n) is 2.03. The highest BCUT2D eigenvalue weighted by atomic mass is 19.1. The number of carbonyl (C=O) groups excluding carboxylic acids is 2. The van der Waals surface area contributed by atoms with Gasteiger partial charge in [-0.15, -0.1) is 0 Å². The molecular weight excluding hydrogens is 273 g/mol. The number of imide groups is 1. The number of hydrogen-bond acceptors (Lipinski definition) is 3. The van der Waals surface area contributed by atoms with Gasteiger partial charge in [0.1, 0.15) is 11.4 Å². The predicted molar refractivity (Wildman–Crippen MR) is 76.9 cm³/mol. The van der Waals surface area contributed by atoms with Crippen molar-refractivity contribution >= 4 is 17.6 Å². The van der Waals surface area contributed by atoms with Crippen molar-refractivity contribution in [1.82, 2.24) is 4.90 Å². The average Bonchev–Trinajstić information content (AvgIpc) is 2.37. The van der Waals surface area contributed by atoms with Crippen molar-refractivity contribution in [2.24, 2.45) is 0 Å². The molecule has 21 heavy (non-hydrogen) atoms. The second-order valence-corrected chi connectivity index (χ2v) is 5.90. The Morgan fingerprint density at radius 2 is 1.86 bits per heavy atom. The maximum absolute atomic E-state index is 12.9. The van der Waals surface area contributed by atoms with E-state index < -0.39 is 17.6 Å². The Hall–Kier alpha value is -2.17. The van der Waals surface area contributed by atoms with Crippen molar-refractivity contribution in [2.75, 3.05) is 6.54 Å². The minimum atomic E-state index is -0.641. The number of carbonyl (C=O) groups is 2. The summed E-state index contributed by atoms with van der Waals surface area (Å²) in [6.45, 7) is 5.51. The van der Waals surface area contributed by atoms with E-state index >= 15 is 0 Å². The summed E-state index contributed by atoms with van der Waals surface area (Å²) in [7, 11) is 0. The third-order valence-corrected chi connectivity index (χ3v) is 3.00. The van der Waals surface area contributed by atoms with Crippen LogP contribution in [0.5, 0.6) is 0 Å². The van der Waals surface area contributed by atoms with Crippen LogP contribution in [0.2, 0.25) is 0 Å². The molecule has 0 saturated heterocycles. The standard InChI is InChI=1S/C16H18FNO3/c1-16(2,3)21-15(20)18-9-8-12(10-14(18)19)11-4-6-13(17)7-5-11/h4-7,10H,8-9H2,1-3H3. The van der Waals surface area contributed by atoms with Gasteiger partial charge in [-0.05, 0) is 50.5 Å². The van der Waals surface area contributed by atoms with Gasteiger partial charge in [-0.3, -0.25) is 4.79 Å². The number of halogens is 1. The predicted octanol–water partition coefficient (Wildman–Crippen LogP) is 3.38. The molecule has 0 spiro atoms. The molecule has 2 rings (SSSR count). The first-order chi connectivity index (χ1) is 9.76. The quantitative estimate of drug-likeness (QED) is 0.797. The highest BCUT2D eigenvalue weighted by molar-refractivity contribution is 6.04. The molecule has 0 atom stereocenters. The zero-order valence-electron chi connectivity index (χ0n) is 12.4. The lowest BCUT2D eigenvalue weighted by atomic mass is 9.99. The molecule has 0 fully saturated rings. The van der Waals surface area contributed by atoms with E-state index in [1.807, 2.05) is 0 Å². The maximum Gasteiger partial charge on any atom is 0.417 e. The molecule has 0 unspecified atom stereocenters. The molecular formula is C16H18FNO3. The van der Waals surface area contributed by atoms with Crippen LogP contribution < -0.4 is 0 Å². The molecule has 0 saturated carbocycles. The highest BCUT2D eigenvalue weighted by Gasteiger charge is 2.29. The second-order valence-electron chi connectivity index (χ2n) is 5.90. The first-order valence-electron chi connectivity index (χ1n) is 6.77. The van der Waals surface area contributed by atoms with Crippen molar-refractivity contribution in [3.8, 4) is 0 Å². The molecule has 0 aromatic heterocycles. The lowest BCUT2D eigenvalue weighted by Gasteiger charge is -2.28. The molecule has 5 heteroatoms. The molecule has 0 N–H and O–H groups in total. The largest absolute Gasteiger partial charge is 0.443 e. The number of ether oxygens (including phenoxy) is 1. The van der Waals surface area contributed by atoms with Gasteiger partial charge in [0.15, 0.2) is 0 Å². The Balaban J connectivity index is 2.12. The van der Waals surface area contributed by atoms with E-state index in [-0.39, 0.29) is 12.4 Å². The van der Waals surface area contributed by atoms with Gasteiger partial charge in [0.05, 0.1) is 0 Å². The molecule has 1 aliphatic rings. The van der Waals surface area contributed by atoms with Gasteiger partial charge >= 0.3 is 6.09 Å². The number of amides is 2. The second kappa shape index (κ2) is 5.68. The topological polar surface area (TPSA) is 46.6 Å². The van der Waals surface area contributed by atoms with Crippen LogP contribution in [0.25, 0.3) is 5.57 Å². The van der Waals surface area contributed by atoms with Crippen molar-refractivity contribution in [3.05, 3.63) is 41.7 Å². The molecule has 4 nitrogen and oxygen atoms in total. The molecule has 1 aliphatic heterocycles. The van der Waals surface area contributed by atoms with Crippen LogP contribution in [-0.4, -0.2) is 29.0 Å². The molecule has 1 heterocycles. The third kappa shape index (κ3) is 3.90. The van der Waals surface area contributed by atoms with Crippen LogP contribution in [-0.2, 0) is 9.53 Å². The lowest BCUT2D eigenvalue weighted by Crippen LogP contribution is -2.42. The van der Waals surface area contributed by atoms with Crippen LogP contribution in [0.4, 0.5) is 9.18 Å². The molecule has 112 valence electrons. The number of rotatable bonds is 1. The van der Waals surface area contributed by atoms with Gasteiger partial charge in [0.25, 0.3) is 5.91 Å². The molecule has 2 amide bonds. The molecule has 0 radical (unpaired) electrons. The van der Waals surface area contributed by atoms with Gasteiger partial charge in [-0.1, -0.05) is 12.1 Å². The van der Waals surface area contributed by atoms with Gasteiger partial charge in [0, 0.05) is 12.6 Å². The van der Waals surface area contributed by atoms with E-state index in [1.54, 1.807) is 32.9 Å². The summed E-state index contributed by atoms with van der Waals surface area (Å²) in [4.78, 5) is 25.0. The van der Waals surface area contributed by atoms with E-state index in [2.05, 4.69) is 0 Å². The fourth-order valence-corrected chi connectivity index (χ4v) is 2.03. The van der Waals surface area contributed by atoms with Crippen molar-refractivity contribution in [3.63, 3.8) is 0 Å². The van der Waals surface area contributed by atoms with E-state index in [1.165, 1.54) is 18.2 Å². The summed E-state index contributed by atoms with van der Waals surface area (Å²) in [5, 5.41) is 0. The Morgan fingerprint density at radius 3 is 2.38 bits per heavy atom. The minimum absolute atomic E-state index is 0.261. The van der Waals surface area contributed by atoms with Crippen LogP contribution in [0, 0.1) is 5.82 Å². The Morgan fingerprint density at radius 1 is 1.24 bits per heavy atom. The number of benzene rings is 1. The van der Waals surface area contributed by atoms with E-state index in [0.29, 0.717) is 6.42 Å². The van der Waals surface area contributed by atoms with Gasteiger partial charge in [-0.25, -0.2) is 14.1 Å². The van der Waals surface area contributed by atoms with Crippen LogP contribution in [0.1, 0.15) is 32.8 Å². The SMILES string of the molecule is CC(C)(C)OC(=O)N1CCC(c2ccc(F)cc2)=CC1=O. The fraction of sp³-hybridized carbons (Fsp3) is 0.375. The first kappa shape index (κ1) is 15.2. The molecule has 0 aliphatic carbocycles. The first-order valence-corrected chi connectivity index (χ1v) is 6.77. The zero-order chi connectivity index (χ0) is 15.6. The van der Waals surface area contributed by atoms with Crippen LogP contribution >= 0.6 is 0 Å². The van der Waals surface area contributed by atoms with E-state index in [0.717, 1.165) is 16.0 Å². The molecule has 1 aromatic carbocycles. The smallest absolute Gasteiger partial charge is 0.417 e. The molecule has 1 aromatic rings. The Bertz CT molecular complexity index is 585. The monoisotopic (exact) mass is 291 g/mol. The maximum atomic E-state index is 12.9. The summed E-state index contributed by atoms with van der Waals surface area (Å²) >= 11 is 0. The summed E-state index contributed by atoms with van der Waals surface area (Å²) < 4.78 is 18.1. The minimum Gasteiger partial charge on any atom is -0.443 e. The van der Waals surface area contributed by atoms with Crippen molar-refractivity contribution < 1.29 is 18.7 Å². The summed E-state index contributed by atoms with van der Waals surface area (Å²) in [6.07, 6.45) is 1.29. The summed E-state index contributed by atoms with van der Waals surface area (Å²) in [5.74, 6) is -0.730. The lowest BCUT2D eigenvalue weighted by molar-refractivity contribution is -0.125. The van der Waals surface area contributed by atoms with Crippen LogP contribution in [0.3, 0.4) is 0 Å². The summed E-state index contributed by atoms with van der Waals surface area (Å²) in [5.41, 5.74) is 0.937. The van der Waals surface area contributed by atoms with Gasteiger partial charge in [-0.2, -0.15) is 0 Å². The highest BCUT2D eigenvalue weighted by Crippen LogP contribution is 2.24. The Labute approximate surface area is 123 Å². The number of nitrogens with zero attached hydrogens (tertiary/aromatic N) is 1. The van der Waals surface area contributed by atoms with Crippen molar-refractivity contribution in [2.45, 2.75) is 32.8 Å².